The number of morpholine rings is 3. The van der Waals surface area contributed by atoms with Crippen molar-refractivity contribution in [2.24, 2.45) is 5.73 Å². The van der Waals surface area contributed by atoms with Gasteiger partial charge in [0.25, 0.3) is 17.7 Å². The lowest BCUT2D eigenvalue weighted by Crippen LogP contribution is -2.59. The molecule has 9 aromatic carbocycles. The molecular formula is C100H107Cl6I2N7O15. The largest absolute Gasteiger partial charge is 0.481 e. The van der Waals surface area contributed by atoms with Crippen molar-refractivity contribution in [1.82, 2.24) is 25.3 Å². The minimum atomic E-state index is -0.943. The van der Waals surface area contributed by atoms with Gasteiger partial charge in [-0.2, -0.15) is 14.9 Å². The number of nitrogens with zero attached hydrogens (tertiary/aromatic N) is 4. The third-order valence-corrected chi connectivity index (χ3v) is 24.6. The van der Waals surface area contributed by atoms with Crippen molar-refractivity contribution >= 4 is 168 Å². The fourth-order valence-corrected chi connectivity index (χ4v) is 16.9. The van der Waals surface area contributed by atoms with E-state index in [9.17, 15) is 43.6 Å². The quantitative estimate of drug-likeness (QED) is 0.0163. The van der Waals surface area contributed by atoms with Gasteiger partial charge in [-0.1, -0.05) is 219 Å². The molecule has 3 aliphatic heterocycles. The predicted molar refractivity (Wildman–Crippen MR) is 521 cm³/mol. The topological polar surface area (TPSA) is 311 Å². The Bertz CT molecular complexity index is 5200. The molecule has 0 aliphatic carbocycles. The highest BCUT2D eigenvalue weighted by Crippen LogP contribution is 2.48. The number of Topliss-reactive ketones (excluding diaryl/α,β-unsaturated/α-hetero) is 1. The lowest BCUT2D eigenvalue weighted by molar-refractivity contribution is -0.192. The van der Waals surface area contributed by atoms with Gasteiger partial charge in [-0.25, -0.2) is 0 Å². The molecule has 12 rings (SSSR count). The number of ketones is 1. The molecule has 3 heterocycles. The van der Waals surface area contributed by atoms with Gasteiger partial charge >= 0.3 is 18.1 Å². The third-order valence-electron chi connectivity index (χ3n) is 21.7. The first kappa shape index (κ1) is 106. The van der Waals surface area contributed by atoms with Crippen molar-refractivity contribution in [3.63, 3.8) is 0 Å². The molecule has 3 saturated heterocycles. The van der Waals surface area contributed by atoms with Crippen LogP contribution in [-0.2, 0) is 86.2 Å². The summed E-state index contributed by atoms with van der Waals surface area (Å²) < 4.78 is 26.8. The highest BCUT2D eigenvalue weighted by molar-refractivity contribution is 14.1. The number of nitrogens with two attached hydrogens (primary N) is 1. The van der Waals surface area contributed by atoms with Crippen molar-refractivity contribution < 1.29 is 72.0 Å². The molecule has 3 fully saturated rings. The Morgan fingerprint density at radius 3 is 1.09 bits per heavy atom. The summed E-state index contributed by atoms with van der Waals surface area (Å²) in [6, 6.07) is 66.8. The molecule has 9 aromatic rings. The highest BCUT2D eigenvalue weighted by atomic mass is 127. The van der Waals surface area contributed by atoms with Gasteiger partial charge in [-0.05, 0) is 263 Å². The standard InChI is InChI=1S/C33H35Cl2IN2O4.C33H33Cl2N3O5.C27H26Cl2INO2.C6H13NO2.CO2/c1-3-5-28(32(40)37-19-4-6-21(2)39)38-30(23-9-13-25(34)14-10-23)31(24-11-15-26(35)16-12-24)42-29(33(38)41)20-22-7-17-27(36)18-8-22;1-2-4-27(32(41)37-18-3-5-29(39)40)38-30(23-10-14-25(34)15-11-23)31(24-12-16-26(35)17-13-24)43-28(33(38)42)19-21-6-8-22(20-36)9-7-21;1-2-3-16-31-25(19-6-10-21(28)11-7-19)26(20-8-12-22(29)13-9-20)33-24(27(31)32)17-18-4-14-23(30)15-5-18;1-2-9-6(8)4-3-5-7;2-1-3/h7-18,28-31H,3-6,19-20H2,1-2H3,(H,37,40);6-17,27-28,30-31H,2-5,18-19H2,1H3,(H,37,41)(H,39,40);4-15,24-26H,2-3,16-17H2,1H3;2-5,7H2,1H3;/t28-,29+,30-,31+;27-,28+,30-,31+;24-,25+,26-;;/m110../s1. The van der Waals surface area contributed by atoms with Gasteiger partial charge in [-0.3, -0.25) is 33.6 Å². The number of unbranched alkanes of at least 4 members (excludes halogenated alkanes) is 1. The van der Waals surface area contributed by atoms with Crippen LogP contribution in [0.5, 0.6) is 0 Å². The molecule has 0 unspecified atom stereocenters. The van der Waals surface area contributed by atoms with E-state index in [-0.39, 0.29) is 85.4 Å². The number of benzene rings is 9. The number of carboxylic acids is 1. The summed E-state index contributed by atoms with van der Waals surface area (Å²) in [7, 11) is 0. The van der Waals surface area contributed by atoms with E-state index in [1.807, 2.05) is 140 Å². The Labute approximate surface area is 817 Å². The van der Waals surface area contributed by atoms with Crippen LogP contribution in [0.4, 0.5) is 0 Å². The van der Waals surface area contributed by atoms with Gasteiger partial charge in [0.2, 0.25) is 11.8 Å². The maximum atomic E-state index is 14.4. The van der Waals surface area contributed by atoms with Crippen LogP contribution >= 0.6 is 115 Å². The van der Waals surface area contributed by atoms with Crippen molar-refractivity contribution in [1.29, 1.82) is 5.26 Å². The van der Waals surface area contributed by atoms with E-state index in [1.54, 1.807) is 89.5 Å². The predicted octanol–water partition coefficient (Wildman–Crippen LogP) is 21.1. The lowest BCUT2D eigenvalue weighted by atomic mass is 9.88. The number of aliphatic carboxylic acids is 1. The van der Waals surface area contributed by atoms with Crippen LogP contribution in [0.15, 0.2) is 218 Å². The molecule has 0 bridgehead atoms. The van der Waals surface area contributed by atoms with Gasteiger partial charge in [0.05, 0.1) is 36.4 Å². The van der Waals surface area contributed by atoms with Crippen LogP contribution in [0.25, 0.3) is 0 Å². The zero-order valence-electron chi connectivity index (χ0n) is 72.8. The van der Waals surface area contributed by atoms with Crippen LogP contribution in [0.2, 0.25) is 30.1 Å². The van der Waals surface area contributed by atoms with E-state index in [0.717, 1.165) is 72.9 Å². The van der Waals surface area contributed by atoms with E-state index in [0.29, 0.717) is 120 Å². The fraction of sp³-hybridized carbons (Fsp3) is 0.360. The van der Waals surface area contributed by atoms with Crippen molar-refractivity contribution in [2.45, 2.75) is 198 Å². The third kappa shape index (κ3) is 32.4. The number of carbonyl (C=O) groups is 8. The van der Waals surface area contributed by atoms with Gasteiger partial charge < -0.3 is 59.9 Å². The zero-order valence-corrected chi connectivity index (χ0v) is 81.7. The van der Waals surface area contributed by atoms with Crippen molar-refractivity contribution in [3.8, 4) is 6.07 Å². The Morgan fingerprint density at radius 1 is 0.454 bits per heavy atom. The number of hydrogen-bond donors (Lipinski definition) is 4. The monoisotopic (exact) mass is 2110 g/mol. The van der Waals surface area contributed by atoms with Crippen LogP contribution in [-0.4, -0.2) is 136 Å². The Kier molecular flexibility index (Phi) is 45.2. The summed E-state index contributed by atoms with van der Waals surface area (Å²) in [6.45, 7) is 11.6. The van der Waals surface area contributed by atoms with Crippen LogP contribution in [0.1, 0.15) is 204 Å². The average molecular weight is 2110 g/mol. The van der Waals surface area contributed by atoms with Crippen molar-refractivity contribution in [3.05, 3.63) is 311 Å². The molecular weight excluding hydrogens is 2010 g/mol. The van der Waals surface area contributed by atoms with Crippen LogP contribution < -0.4 is 16.4 Å². The number of nitriles is 1. The zero-order chi connectivity index (χ0) is 94.3. The summed E-state index contributed by atoms with van der Waals surface area (Å²) in [5, 5.41) is 27.6. The molecule has 0 spiro atoms. The maximum absolute atomic E-state index is 14.4. The number of halogens is 8. The summed E-state index contributed by atoms with van der Waals surface area (Å²) in [4.78, 5) is 125. The average Bonchev–Trinajstić information content (AvgIpc) is 0.766. The normalized spacial score (nSPS) is 18.5. The second-order valence-electron chi connectivity index (χ2n) is 31.1. The number of rotatable bonds is 35. The van der Waals surface area contributed by atoms with Crippen LogP contribution in [0, 0.1) is 18.5 Å². The molecule has 0 saturated carbocycles. The Morgan fingerprint density at radius 2 is 0.777 bits per heavy atom. The molecule has 130 heavy (non-hydrogen) atoms. The number of carboxylic acid groups (broad SMARTS) is 1. The van der Waals surface area contributed by atoms with E-state index in [4.69, 9.17) is 104 Å². The highest BCUT2D eigenvalue weighted by Gasteiger charge is 2.51. The first-order valence-corrected chi connectivity index (χ1v) is 47.5. The molecule has 5 amide bonds. The summed E-state index contributed by atoms with van der Waals surface area (Å²) in [6.07, 6.45) is 3.97. The van der Waals surface area contributed by atoms with E-state index in [2.05, 4.69) is 97.8 Å². The number of amides is 5. The van der Waals surface area contributed by atoms with E-state index in [1.165, 1.54) is 10.5 Å². The smallest absolute Gasteiger partial charge is 0.373 e. The number of carbonyl (C=O) groups excluding carboxylic acids is 9. The lowest BCUT2D eigenvalue weighted by Gasteiger charge is -2.47. The number of nitrogens with one attached hydrogen (secondary N) is 2. The summed E-state index contributed by atoms with van der Waals surface area (Å²) in [5.74, 6) is -2.16. The first-order chi connectivity index (χ1) is 62.6. The van der Waals surface area contributed by atoms with Gasteiger partial charge in [0, 0.05) is 95.4 Å². The van der Waals surface area contributed by atoms with Crippen LogP contribution in [0.3, 0.4) is 0 Å². The van der Waals surface area contributed by atoms with E-state index >= 15 is 0 Å². The number of esters is 1. The minimum absolute atomic E-state index is 0.0344. The molecule has 11 atom stereocenters. The van der Waals surface area contributed by atoms with Gasteiger partial charge in [-0.15, -0.1) is 0 Å². The summed E-state index contributed by atoms with van der Waals surface area (Å²) >= 11 is 41.8. The molecule has 30 heteroatoms. The summed E-state index contributed by atoms with van der Waals surface area (Å²) in [5.41, 5.74) is 13.7. The number of hydrogen-bond acceptors (Lipinski definition) is 16. The molecule has 22 nitrogen and oxygen atoms in total. The number of ether oxygens (including phenoxy) is 4. The minimum Gasteiger partial charge on any atom is -0.481 e. The maximum Gasteiger partial charge on any atom is 0.373 e. The fourth-order valence-electron chi connectivity index (χ4n) is 15.4. The molecule has 0 aromatic heterocycles. The second-order valence-corrected chi connectivity index (χ2v) is 36.2. The van der Waals surface area contributed by atoms with E-state index < -0.39 is 60.7 Å². The van der Waals surface area contributed by atoms with Gasteiger partial charge in [0.15, 0.2) is 0 Å². The SMILES string of the molecule is CCCCN1C(=O)[C@H](Cc2ccc(I)cc2)O[C@@H](c2ccc(Cl)cc2)[C@H]1c1ccc(Cl)cc1.CCC[C@H](C(=O)NCCCC(=O)O)N1C(=O)[C@H](Cc2ccc(C#N)cc2)O[C@@H](c2ccc(Cl)cc2)[C@H]1c1ccc(Cl)cc1.CCC[C@H](C(=O)NCCCC(C)=O)N1C(=O)[C@H](Cc2ccc(I)cc2)O[C@@H](c2ccc(Cl)cc2)[C@H]1c1ccc(Cl)cc1.CCOC(=O)CCCN.O=C=O. The second kappa shape index (κ2) is 55.4. The first-order valence-electron chi connectivity index (χ1n) is 43.1. The Hall–Kier alpha value is -9.15. The molecule has 3 aliphatic rings. The molecule has 0 radical (unpaired) electrons. The van der Waals surface area contributed by atoms with Crippen molar-refractivity contribution in [2.75, 3.05) is 32.8 Å². The molecule has 5 N–H and O–H groups in total. The van der Waals surface area contributed by atoms with Gasteiger partial charge in [0.1, 0.15) is 54.5 Å². The molecule has 688 valence electrons. The Balaban J connectivity index is 0.000000227.